The van der Waals surface area contributed by atoms with E-state index in [1.807, 2.05) is 6.07 Å². The van der Waals surface area contributed by atoms with E-state index in [-0.39, 0.29) is 46.0 Å². The van der Waals surface area contributed by atoms with Crippen LogP contribution < -0.4 is 5.32 Å². The summed E-state index contributed by atoms with van der Waals surface area (Å²) in [5.41, 5.74) is -0.197. The number of hydrogen-bond donors (Lipinski definition) is 2. The van der Waals surface area contributed by atoms with Crippen molar-refractivity contribution in [2.75, 3.05) is 0 Å². The highest BCUT2D eigenvalue weighted by atomic mass is 19.1. The van der Waals surface area contributed by atoms with E-state index in [0.717, 1.165) is 19.3 Å². The molecule has 2 atom stereocenters. The van der Waals surface area contributed by atoms with Gasteiger partial charge in [-0.2, -0.15) is 5.26 Å². The number of halogens is 1. The molecule has 0 spiro atoms. The first-order valence-electron chi connectivity index (χ1n) is 10.7. The van der Waals surface area contributed by atoms with Crippen molar-refractivity contribution in [3.8, 4) is 6.07 Å². The summed E-state index contributed by atoms with van der Waals surface area (Å²) < 4.78 is 14.0. The fraction of sp³-hybridized carbons (Fsp3) is 0.400. The van der Waals surface area contributed by atoms with Crippen molar-refractivity contribution in [3.05, 3.63) is 70.5 Å². The number of ketones is 1. The molecular weight excluding hydrogens is 395 g/mol. The molecule has 0 heterocycles. The molecule has 4 bridgehead atoms. The van der Waals surface area contributed by atoms with Gasteiger partial charge in [0, 0.05) is 11.6 Å². The molecule has 4 aliphatic rings. The van der Waals surface area contributed by atoms with Gasteiger partial charge in [0.05, 0.1) is 28.4 Å². The van der Waals surface area contributed by atoms with Crippen molar-refractivity contribution in [2.24, 2.45) is 17.8 Å². The maximum atomic E-state index is 14.0. The Labute approximate surface area is 179 Å². The summed E-state index contributed by atoms with van der Waals surface area (Å²) >= 11 is 0. The summed E-state index contributed by atoms with van der Waals surface area (Å²) in [6.45, 7) is 0. The largest absolute Gasteiger partial charge is 0.390 e. The molecule has 2 unspecified atom stereocenters. The maximum Gasteiger partial charge on any atom is 0.252 e. The van der Waals surface area contributed by atoms with Gasteiger partial charge in [0.15, 0.2) is 5.78 Å². The second-order valence-corrected chi connectivity index (χ2v) is 9.37. The average molecular weight is 418 g/mol. The number of nitriles is 1. The van der Waals surface area contributed by atoms with E-state index in [1.165, 1.54) is 36.4 Å². The van der Waals surface area contributed by atoms with Crippen LogP contribution in [0.25, 0.3) is 0 Å². The number of carbonyl (C=O) groups is 2. The van der Waals surface area contributed by atoms with Gasteiger partial charge >= 0.3 is 0 Å². The molecule has 0 saturated heterocycles. The molecule has 1 amide bonds. The summed E-state index contributed by atoms with van der Waals surface area (Å²) in [5, 5.41) is 23.4. The lowest BCUT2D eigenvalue weighted by Crippen LogP contribution is -2.61. The monoisotopic (exact) mass is 418 g/mol. The van der Waals surface area contributed by atoms with E-state index in [9.17, 15) is 24.3 Å². The van der Waals surface area contributed by atoms with Crippen molar-refractivity contribution >= 4 is 11.7 Å². The Bertz CT molecular complexity index is 1110. The Kier molecular flexibility index (Phi) is 4.67. The third-order valence-electron chi connectivity index (χ3n) is 7.30. The van der Waals surface area contributed by atoms with Crippen LogP contribution in [0.15, 0.2) is 42.5 Å². The molecule has 4 aliphatic carbocycles. The van der Waals surface area contributed by atoms with Crippen LogP contribution in [0.1, 0.15) is 63.9 Å². The molecule has 2 aromatic carbocycles. The predicted octanol–water partition coefficient (Wildman–Crippen LogP) is 3.60. The summed E-state index contributed by atoms with van der Waals surface area (Å²) in [5.74, 6) is -0.451. The minimum atomic E-state index is -0.628. The Hall–Kier alpha value is -3.04. The Morgan fingerprint density at radius 3 is 2.42 bits per heavy atom. The quantitative estimate of drug-likeness (QED) is 0.743. The zero-order valence-corrected chi connectivity index (χ0v) is 17.0. The Balaban J connectivity index is 1.37. The van der Waals surface area contributed by atoms with Gasteiger partial charge in [-0.25, -0.2) is 4.39 Å². The van der Waals surface area contributed by atoms with E-state index in [4.69, 9.17) is 0 Å². The first-order valence-corrected chi connectivity index (χ1v) is 10.7. The highest BCUT2D eigenvalue weighted by molar-refractivity contribution is 6.10. The van der Waals surface area contributed by atoms with Crippen molar-refractivity contribution in [2.45, 2.75) is 43.7 Å². The van der Waals surface area contributed by atoms with Crippen LogP contribution in [-0.2, 0) is 0 Å². The molecule has 4 fully saturated rings. The van der Waals surface area contributed by atoms with Crippen LogP contribution in [0.3, 0.4) is 0 Å². The molecule has 0 radical (unpaired) electrons. The number of hydrogen-bond acceptors (Lipinski definition) is 4. The van der Waals surface area contributed by atoms with Gasteiger partial charge < -0.3 is 10.4 Å². The molecule has 158 valence electrons. The van der Waals surface area contributed by atoms with Crippen LogP contribution >= 0.6 is 0 Å². The zero-order chi connectivity index (χ0) is 21.8. The highest BCUT2D eigenvalue weighted by Crippen LogP contribution is 2.55. The van der Waals surface area contributed by atoms with E-state index in [0.29, 0.717) is 18.8 Å². The van der Waals surface area contributed by atoms with Crippen molar-refractivity contribution in [1.82, 2.24) is 5.32 Å². The second kappa shape index (κ2) is 7.28. The number of nitrogens with one attached hydrogen (secondary N) is 1. The van der Waals surface area contributed by atoms with Crippen LogP contribution in [0.5, 0.6) is 0 Å². The van der Waals surface area contributed by atoms with Gasteiger partial charge in [-0.15, -0.1) is 0 Å². The molecule has 2 N–H and O–H groups in total. The molecule has 5 nitrogen and oxygen atoms in total. The summed E-state index contributed by atoms with van der Waals surface area (Å²) in [7, 11) is 0. The van der Waals surface area contributed by atoms with Gasteiger partial charge in [0.25, 0.3) is 5.91 Å². The fourth-order valence-electron chi connectivity index (χ4n) is 6.22. The normalized spacial score (nSPS) is 30.6. The maximum absolute atomic E-state index is 14.0. The minimum absolute atomic E-state index is 0.00408. The van der Waals surface area contributed by atoms with Crippen LogP contribution in [0.2, 0.25) is 0 Å². The molecular formula is C25H23FN2O3. The van der Waals surface area contributed by atoms with Gasteiger partial charge in [-0.3, -0.25) is 9.59 Å². The molecule has 31 heavy (non-hydrogen) atoms. The van der Waals surface area contributed by atoms with E-state index in [2.05, 4.69) is 5.32 Å². The van der Waals surface area contributed by atoms with Crippen LogP contribution in [0.4, 0.5) is 4.39 Å². The standard InChI is InChI=1S/C25H23FN2O3/c26-21-4-2-1-3-20(21)23(29)15-5-6-19(18(9-15)13-27)24(30)28-22-16-7-14-8-17(22)12-25(31,10-14)11-16/h1-6,9,14,16-17,22,31H,7-8,10-12H2,(H,28,30). The highest BCUT2D eigenvalue weighted by Gasteiger charge is 2.55. The topological polar surface area (TPSA) is 90.2 Å². The lowest BCUT2D eigenvalue weighted by atomic mass is 9.52. The molecule has 2 aromatic rings. The number of carbonyl (C=O) groups excluding carboxylic acids is 2. The SMILES string of the molecule is N#Cc1cc(C(=O)c2ccccc2F)ccc1C(=O)NC1C2CC3CC1CC(O)(C3)C2. The van der Waals surface area contributed by atoms with E-state index >= 15 is 0 Å². The average Bonchev–Trinajstić information content (AvgIpc) is 2.74. The third kappa shape index (κ3) is 3.43. The first kappa shape index (κ1) is 19.9. The van der Waals surface area contributed by atoms with Crippen LogP contribution in [0, 0.1) is 34.9 Å². The lowest BCUT2D eigenvalue weighted by Gasteiger charge is -2.58. The van der Waals surface area contributed by atoms with E-state index < -0.39 is 17.2 Å². The van der Waals surface area contributed by atoms with Gasteiger partial charge in [0.1, 0.15) is 5.82 Å². The lowest BCUT2D eigenvalue weighted by molar-refractivity contribution is -0.136. The number of aliphatic hydroxyl groups is 1. The van der Waals surface area contributed by atoms with E-state index in [1.54, 1.807) is 6.07 Å². The van der Waals surface area contributed by atoms with Crippen molar-refractivity contribution < 1.29 is 19.1 Å². The molecule has 0 aromatic heterocycles. The first-order chi connectivity index (χ1) is 14.9. The summed E-state index contributed by atoms with van der Waals surface area (Å²) in [6.07, 6.45) is 4.34. The smallest absolute Gasteiger partial charge is 0.252 e. The predicted molar refractivity (Wildman–Crippen MR) is 111 cm³/mol. The summed E-state index contributed by atoms with van der Waals surface area (Å²) in [4.78, 5) is 25.7. The number of amides is 1. The fourth-order valence-corrected chi connectivity index (χ4v) is 6.22. The van der Waals surface area contributed by atoms with Crippen LogP contribution in [-0.4, -0.2) is 28.4 Å². The number of rotatable bonds is 4. The Morgan fingerprint density at radius 2 is 1.77 bits per heavy atom. The molecule has 6 rings (SSSR count). The number of nitrogens with zero attached hydrogens (tertiary/aromatic N) is 1. The van der Waals surface area contributed by atoms with Crippen molar-refractivity contribution in [3.63, 3.8) is 0 Å². The number of benzene rings is 2. The zero-order valence-electron chi connectivity index (χ0n) is 17.0. The second-order valence-electron chi connectivity index (χ2n) is 9.37. The molecule has 0 aliphatic heterocycles. The van der Waals surface area contributed by atoms with Crippen molar-refractivity contribution in [1.29, 1.82) is 5.26 Å². The summed E-state index contributed by atoms with van der Waals surface area (Å²) in [6, 6.07) is 12.0. The van der Waals surface area contributed by atoms with Gasteiger partial charge in [0.2, 0.25) is 0 Å². The van der Waals surface area contributed by atoms with Gasteiger partial charge in [-0.05, 0) is 74.1 Å². The van der Waals surface area contributed by atoms with Gasteiger partial charge in [-0.1, -0.05) is 18.2 Å². The molecule has 6 heteroatoms. The molecule has 4 saturated carbocycles. The minimum Gasteiger partial charge on any atom is -0.390 e. The Morgan fingerprint density at radius 1 is 1.06 bits per heavy atom. The third-order valence-corrected chi connectivity index (χ3v) is 7.30.